The molecule has 0 saturated carbocycles. The van der Waals surface area contributed by atoms with Gasteiger partial charge >= 0.3 is 0 Å². The maximum absolute atomic E-state index is 12.8. The number of aromatic nitrogens is 1. The molecule has 2 heterocycles. The van der Waals surface area contributed by atoms with Crippen molar-refractivity contribution in [1.29, 1.82) is 0 Å². The summed E-state index contributed by atoms with van der Waals surface area (Å²) in [6.07, 6.45) is 2.08. The lowest BCUT2D eigenvalue weighted by Crippen LogP contribution is -2.33. The van der Waals surface area contributed by atoms with Crippen LogP contribution in [0, 0.1) is 6.92 Å². The molecule has 1 atom stereocenters. The van der Waals surface area contributed by atoms with E-state index in [9.17, 15) is 4.79 Å². The van der Waals surface area contributed by atoms with Gasteiger partial charge in [0.15, 0.2) is 11.5 Å². The van der Waals surface area contributed by atoms with Crippen LogP contribution < -0.4 is 14.8 Å². The summed E-state index contributed by atoms with van der Waals surface area (Å²) < 4.78 is 10.8. The fourth-order valence-electron chi connectivity index (χ4n) is 4.09. The summed E-state index contributed by atoms with van der Waals surface area (Å²) in [6, 6.07) is 14.0. The third-order valence-corrected chi connectivity index (χ3v) is 6.34. The lowest BCUT2D eigenvalue weighted by molar-refractivity contribution is -0.117. The van der Waals surface area contributed by atoms with Crippen molar-refractivity contribution < 1.29 is 14.3 Å². The second-order valence-corrected chi connectivity index (χ2v) is 8.69. The maximum Gasteiger partial charge on any atom is 0.238 e. The van der Waals surface area contributed by atoms with Crippen LogP contribution in [0.3, 0.4) is 0 Å². The van der Waals surface area contributed by atoms with Gasteiger partial charge in [-0.05, 0) is 56.1 Å². The van der Waals surface area contributed by atoms with Crippen molar-refractivity contribution in [3.8, 4) is 22.8 Å². The Labute approximate surface area is 186 Å². The normalized spacial score (nSPS) is 16.3. The van der Waals surface area contributed by atoms with Crippen LogP contribution in [-0.4, -0.2) is 43.1 Å². The molecular weight excluding hydrogens is 410 g/mol. The van der Waals surface area contributed by atoms with Crippen LogP contribution in [0.1, 0.15) is 29.5 Å². The molecule has 1 amide bonds. The fourth-order valence-corrected chi connectivity index (χ4v) is 4.71. The number of rotatable bonds is 7. The molecule has 162 valence electrons. The van der Waals surface area contributed by atoms with Crippen molar-refractivity contribution in [2.75, 3.05) is 32.6 Å². The van der Waals surface area contributed by atoms with Gasteiger partial charge in [-0.2, -0.15) is 0 Å². The molecule has 0 aliphatic carbocycles. The molecule has 0 bridgehead atoms. The van der Waals surface area contributed by atoms with Crippen LogP contribution >= 0.6 is 11.3 Å². The highest BCUT2D eigenvalue weighted by Gasteiger charge is 2.28. The topological polar surface area (TPSA) is 63.7 Å². The molecule has 1 aliphatic heterocycles. The number of hydrogen-bond donors (Lipinski definition) is 1. The van der Waals surface area contributed by atoms with Crippen LogP contribution in [-0.2, 0) is 4.79 Å². The minimum atomic E-state index is -0.0148. The van der Waals surface area contributed by atoms with E-state index in [2.05, 4.69) is 21.3 Å². The van der Waals surface area contributed by atoms with Gasteiger partial charge in [0.1, 0.15) is 0 Å². The number of nitrogens with one attached hydrogen (secondary N) is 1. The minimum Gasteiger partial charge on any atom is -0.493 e. The Morgan fingerprint density at radius 1 is 1.19 bits per heavy atom. The molecule has 1 saturated heterocycles. The highest BCUT2D eigenvalue weighted by molar-refractivity contribution is 7.09. The van der Waals surface area contributed by atoms with Crippen LogP contribution in [0.4, 0.5) is 5.69 Å². The molecule has 1 N–H and O–H groups in total. The second kappa shape index (κ2) is 9.49. The van der Waals surface area contributed by atoms with Crippen molar-refractivity contribution in [2.45, 2.75) is 25.8 Å². The fraction of sp³-hybridized carbons (Fsp3) is 0.333. The maximum atomic E-state index is 12.8. The quantitative estimate of drug-likeness (QED) is 0.569. The summed E-state index contributed by atoms with van der Waals surface area (Å²) in [5.41, 5.74) is 3.87. The molecular formula is C24H27N3O3S. The standard InChI is InChI=1S/C24H27N3O3S/c1-16-25-20(15-31-16)17-6-4-7-19(12-17)26-24(28)14-27-11-5-8-21(27)18-9-10-22(29-2)23(13-18)30-3/h4,6-7,9-10,12-13,15,21H,5,8,11,14H2,1-3H3,(H,26,28). The van der Waals surface area contributed by atoms with Crippen LogP contribution in [0.25, 0.3) is 11.3 Å². The number of carbonyl (C=O) groups is 1. The van der Waals surface area contributed by atoms with Gasteiger partial charge in [-0.25, -0.2) is 4.98 Å². The van der Waals surface area contributed by atoms with Crippen molar-refractivity contribution in [3.05, 3.63) is 58.4 Å². The van der Waals surface area contributed by atoms with E-state index in [0.717, 1.165) is 46.9 Å². The summed E-state index contributed by atoms with van der Waals surface area (Å²) in [4.78, 5) is 19.6. The second-order valence-electron chi connectivity index (χ2n) is 7.62. The highest BCUT2D eigenvalue weighted by atomic mass is 32.1. The first-order valence-corrected chi connectivity index (χ1v) is 11.2. The van der Waals surface area contributed by atoms with Crippen molar-refractivity contribution >= 4 is 22.9 Å². The van der Waals surface area contributed by atoms with Gasteiger partial charge in [0.2, 0.25) is 5.91 Å². The van der Waals surface area contributed by atoms with Gasteiger partial charge in [-0.15, -0.1) is 11.3 Å². The van der Waals surface area contributed by atoms with E-state index in [0.29, 0.717) is 18.0 Å². The Morgan fingerprint density at radius 3 is 2.77 bits per heavy atom. The molecule has 2 aromatic carbocycles. The number of carbonyl (C=O) groups excluding carboxylic acids is 1. The zero-order valence-corrected chi connectivity index (χ0v) is 18.9. The third-order valence-electron chi connectivity index (χ3n) is 5.56. The first kappa shape index (κ1) is 21.3. The first-order valence-electron chi connectivity index (χ1n) is 10.4. The van der Waals surface area contributed by atoms with Crippen molar-refractivity contribution in [1.82, 2.24) is 9.88 Å². The Kier molecular flexibility index (Phi) is 6.53. The number of anilines is 1. The van der Waals surface area contributed by atoms with Crippen LogP contribution in [0.15, 0.2) is 47.8 Å². The summed E-state index contributed by atoms with van der Waals surface area (Å²) in [6.45, 7) is 3.23. The number of nitrogens with zero attached hydrogens (tertiary/aromatic N) is 2. The summed E-state index contributed by atoms with van der Waals surface area (Å²) in [7, 11) is 3.27. The SMILES string of the molecule is COc1ccc(C2CCCN2CC(=O)Nc2cccc(-c3csc(C)n3)c2)cc1OC. The van der Waals surface area contributed by atoms with Crippen LogP contribution in [0.2, 0.25) is 0 Å². The summed E-state index contributed by atoms with van der Waals surface area (Å²) in [5.74, 6) is 1.41. The molecule has 0 spiro atoms. The molecule has 6 nitrogen and oxygen atoms in total. The number of likely N-dealkylation sites (tertiary alicyclic amines) is 1. The monoisotopic (exact) mass is 437 g/mol. The average molecular weight is 438 g/mol. The Balaban J connectivity index is 1.44. The smallest absolute Gasteiger partial charge is 0.238 e. The largest absolute Gasteiger partial charge is 0.493 e. The molecule has 7 heteroatoms. The molecule has 1 unspecified atom stereocenters. The molecule has 31 heavy (non-hydrogen) atoms. The number of ether oxygens (including phenoxy) is 2. The zero-order valence-electron chi connectivity index (χ0n) is 18.1. The predicted molar refractivity (Wildman–Crippen MR) is 124 cm³/mol. The van der Waals surface area contributed by atoms with Gasteiger partial charge in [-0.3, -0.25) is 9.69 Å². The number of aryl methyl sites for hydroxylation is 1. The molecule has 3 aromatic rings. The molecule has 0 radical (unpaired) electrons. The van der Waals surface area contributed by atoms with E-state index < -0.39 is 0 Å². The number of thiazole rings is 1. The summed E-state index contributed by atoms with van der Waals surface area (Å²) >= 11 is 1.62. The molecule has 1 fully saturated rings. The van der Waals surface area contributed by atoms with Crippen molar-refractivity contribution in [3.63, 3.8) is 0 Å². The number of amides is 1. The average Bonchev–Trinajstić information content (AvgIpc) is 3.42. The first-order chi connectivity index (χ1) is 15.1. The minimum absolute atomic E-state index is 0.0148. The van der Waals surface area contributed by atoms with Gasteiger partial charge < -0.3 is 14.8 Å². The number of hydrogen-bond acceptors (Lipinski definition) is 6. The van der Waals surface area contributed by atoms with Crippen molar-refractivity contribution in [2.24, 2.45) is 0 Å². The summed E-state index contributed by atoms with van der Waals surface area (Å²) in [5, 5.41) is 6.11. The van der Waals surface area contributed by atoms with E-state index in [1.54, 1.807) is 25.6 Å². The van der Waals surface area contributed by atoms with Gasteiger partial charge in [0.05, 0.1) is 31.5 Å². The van der Waals surface area contributed by atoms with E-state index in [-0.39, 0.29) is 11.9 Å². The predicted octanol–water partition coefficient (Wildman–Crippen LogP) is 4.91. The van der Waals surface area contributed by atoms with Crippen LogP contribution in [0.5, 0.6) is 11.5 Å². The number of methoxy groups -OCH3 is 2. The van der Waals surface area contributed by atoms with E-state index >= 15 is 0 Å². The molecule has 4 rings (SSSR count). The third kappa shape index (κ3) is 4.89. The van der Waals surface area contributed by atoms with Gasteiger partial charge in [0, 0.05) is 22.7 Å². The molecule has 1 aromatic heterocycles. The van der Waals surface area contributed by atoms with E-state index in [4.69, 9.17) is 9.47 Å². The van der Waals surface area contributed by atoms with Gasteiger partial charge in [0.25, 0.3) is 0 Å². The molecule has 1 aliphatic rings. The Morgan fingerprint density at radius 2 is 2.03 bits per heavy atom. The Bertz CT molecular complexity index is 1070. The number of benzene rings is 2. The zero-order chi connectivity index (χ0) is 21.8. The van der Waals surface area contributed by atoms with E-state index in [1.807, 2.05) is 48.7 Å². The lowest BCUT2D eigenvalue weighted by atomic mass is 10.0. The Hall–Kier alpha value is -2.90. The lowest BCUT2D eigenvalue weighted by Gasteiger charge is -2.25. The highest BCUT2D eigenvalue weighted by Crippen LogP contribution is 2.36. The van der Waals surface area contributed by atoms with E-state index in [1.165, 1.54) is 0 Å². The van der Waals surface area contributed by atoms with Gasteiger partial charge in [-0.1, -0.05) is 18.2 Å².